The van der Waals surface area contributed by atoms with Gasteiger partial charge in [-0.3, -0.25) is 9.97 Å². The van der Waals surface area contributed by atoms with E-state index < -0.39 is 35.4 Å². The summed E-state index contributed by atoms with van der Waals surface area (Å²) >= 11 is 0. The fraction of sp³-hybridized carbons (Fsp3) is 0.105. The minimum Gasteiger partial charge on any atom is -0.325 e. The van der Waals surface area contributed by atoms with Crippen LogP contribution in [-0.2, 0) is 6.18 Å². The second-order valence-electron chi connectivity index (χ2n) is 5.88. The first-order valence-corrected chi connectivity index (χ1v) is 8.20. The third-order valence-electron chi connectivity index (χ3n) is 3.89. The SMILES string of the molecule is O=C(Nc1cccnc1)N[C@@H](c1ccc(C(F)(F)F)c(F)c1)c1ncccc1F. The van der Waals surface area contributed by atoms with Crippen LogP contribution in [-0.4, -0.2) is 16.0 Å². The molecule has 1 atom stereocenters. The predicted octanol–water partition coefficient (Wildman–Crippen LogP) is 4.68. The van der Waals surface area contributed by atoms with Crippen molar-refractivity contribution in [3.63, 3.8) is 0 Å². The van der Waals surface area contributed by atoms with Gasteiger partial charge in [-0.25, -0.2) is 13.6 Å². The predicted molar refractivity (Wildman–Crippen MR) is 93.8 cm³/mol. The van der Waals surface area contributed by atoms with Gasteiger partial charge in [-0.2, -0.15) is 13.2 Å². The Morgan fingerprint density at radius 3 is 2.38 bits per heavy atom. The highest BCUT2D eigenvalue weighted by molar-refractivity contribution is 5.89. The minimum absolute atomic E-state index is 0.116. The summed E-state index contributed by atoms with van der Waals surface area (Å²) < 4.78 is 66.8. The van der Waals surface area contributed by atoms with E-state index in [0.29, 0.717) is 17.8 Å². The van der Waals surface area contributed by atoms with Gasteiger partial charge < -0.3 is 10.6 Å². The number of carbonyl (C=O) groups is 1. The third-order valence-corrected chi connectivity index (χ3v) is 3.89. The zero-order valence-electron chi connectivity index (χ0n) is 14.5. The van der Waals surface area contributed by atoms with Crippen molar-refractivity contribution in [3.8, 4) is 0 Å². The third kappa shape index (κ3) is 4.84. The Bertz CT molecular complexity index is 1010. The van der Waals surface area contributed by atoms with Crippen LogP contribution in [0.25, 0.3) is 0 Å². The average molecular weight is 408 g/mol. The largest absolute Gasteiger partial charge is 0.419 e. The summed E-state index contributed by atoms with van der Waals surface area (Å²) in [5.74, 6) is -2.37. The molecule has 0 aliphatic carbocycles. The molecule has 0 saturated heterocycles. The lowest BCUT2D eigenvalue weighted by molar-refractivity contribution is -0.140. The molecule has 0 spiro atoms. The molecule has 29 heavy (non-hydrogen) atoms. The topological polar surface area (TPSA) is 66.9 Å². The molecule has 0 radical (unpaired) electrons. The van der Waals surface area contributed by atoms with Crippen molar-refractivity contribution >= 4 is 11.7 Å². The van der Waals surface area contributed by atoms with E-state index in [1.54, 1.807) is 12.1 Å². The summed E-state index contributed by atoms with van der Waals surface area (Å²) in [5, 5.41) is 4.84. The van der Waals surface area contributed by atoms with Gasteiger partial charge in [0.25, 0.3) is 0 Å². The van der Waals surface area contributed by atoms with E-state index in [0.717, 1.165) is 12.1 Å². The van der Waals surface area contributed by atoms with Crippen LogP contribution in [0.2, 0.25) is 0 Å². The Morgan fingerprint density at radius 1 is 1.00 bits per heavy atom. The number of rotatable bonds is 4. The number of amides is 2. The molecule has 3 aromatic rings. The molecular formula is C19H13F5N4O. The standard InChI is InChI=1S/C19H13F5N4O/c20-14-4-2-8-26-17(14)16(28-18(29)27-12-3-1-7-25-10-12)11-5-6-13(15(21)9-11)19(22,23)24/h1-10,16H,(H2,27,28,29)/t16-/m0/s1. The Morgan fingerprint density at radius 2 is 1.76 bits per heavy atom. The Balaban J connectivity index is 1.95. The molecule has 150 valence electrons. The zero-order chi connectivity index (χ0) is 21.0. The van der Waals surface area contributed by atoms with E-state index in [9.17, 15) is 26.7 Å². The summed E-state index contributed by atoms with van der Waals surface area (Å²) in [5.41, 5.74) is -1.55. The van der Waals surface area contributed by atoms with E-state index in [1.165, 1.54) is 24.7 Å². The van der Waals surface area contributed by atoms with Gasteiger partial charge in [0.1, 0.15) is 23.4 Å². The second-order valence-corrected chi connectivity index (χ2v) is 5.88. The summed E-state index contributed by atoms with van der Waals surface area (Å²) in [4.78, 5) is 20.0. The smallest absolute Gasteiger partial charge is 0.325 e. The number of aromatic nitrogens is 2. The molecule has 0 unspecified atom stereocenters. The summed E-state index contributed by atoms with van der Waals surface area (Å²) in [6.07, 6.45) is -0.806. The van der Waals surface area contributed by atoms with E-state index >= 15 is 0 Å². The first kappa shape index (κ1) is 20.2. The van der Waals surface area contributed by atoms with Crippen molar-refractivity contribution in [3.05, 3.63) is 89.5 Å². The lowest BCUT2D eigenvalue weighted by Gasteiger charge is -2.20. The van der Waals surface area contributed by atoms with Gasteiger partial charge in [0.05, 0.1) is 17.4 Å². The van der Waals surface area contributed by atoms with Crippen LogP contribution < -0.4 is 10.6 Å². The number of hydrogen-bond donors (Lipinski definition) is 2. The van der Waals surface area contributed by atoms with Gasteiger partial charge in [0.2, 0.25) is 0 Å². The quantitative estimate of drug-likeness (QED) is 0.616. The van der Waals surface area contributed by atoms with Crippen molar-refractivity contribution in [2.45, 2.75) is 12.2 Å². The first-order chi connectivity index (χ1) is 13.8. The minimum atomic E-state index is -4.89. The van der Waals surface area contributed by atoms with Gasteiger partial charge in [-0.15, -0.1) is 0 Å². The molecule has 3 rings (SSSR count). The van der Waals surface area contributed by atoms with Crippen LogP contribution in [0, 0.1) is 11.6 Å². The van der Waals surface area contributed by atoms with Gasteiger partial charge in [-0.05, 0) is 42.0 Å². The molecule has 2 N–H and O–H groups in total. The second kappa shape index (κ2) is 8.21. The van der Waals surface area contributed by atoms with Gasteiger partial charge in [0, 0.05) is 12.4 Å². The van der Waals surface area contributed by atoms with Crippen LogP contribution in [0.4, 0.5) is 32.4 Å². The van der Waals surface area contributed by atoms with Crippen LogP contribution in [0.1, 0.15) is 22.9 Å². The number of urea groups is 1. The van der Waals surface area contributed by atoms with Crippen LogP contribution in [0.3, 0.4) is 0 Å². The molecule has 5 nitrogen and oxygen atoms in total. The Kier molecular flexibility index (Phi) is 5.71. The normalized spacial score (nSPS) is 12.3. The molecular weight excluding hydrogens is 395 g/mol. The fourth-order valence-corrected chi connectivity index (χ4v) is 2.60. The number of alkyl halides is 3. The molecule has 2 aromatic heterocycles. The number of anilines is 1. The maximum atomic E-state index is 14.3. The van der Waals surface area contributed by atoms with Crippen LogP contribution in [0.15, 0.2) is 61.1 Å². The molecule has 0 saturated carbocycles. The van der Waals surface area contributed by atoms with Crippen molar-refractivity contribution in [2.75, 3.05) is 5.32 Å². The number of pyridine rings is 2. The summed E-state index contributed by atoms with van der Waals surface area (Å²) in [6, 6.07) is 5.39. The van der Waals surface area contributed by atoms with E-state index in [2.05, 4.69) is 20.6 Å². The number of benzene rings is 1. The zero-order valence-corrected chi connectivity index (χ0v) is 14.5. The highest BCUT2D eigenvalue weighted by Crippen LogP contribution is 2.33. The molecule has 2 amide bonds. The number of nitrogens with one attached hydrogen (secondary N) is 2. The molecule has 0 aliphatic rings. The van der Waals surface area contributed by atoms with Crippen molar-refractivity contribution < 1.29 is 26.7 Å². The Labute approximate surface area is 161 Å². The van der Waals surface area contributed by atoms with Crippen molar-refractivity contribution in [2.24, 2.45) is 0 Å². The molecule has 0 bridgehead atoms. The first-order valence-electron chi connectivity index (χ1n) is 8.20. The molecule has 0 aliphatic heterocycles. The van der Waals surface area contributed by atoms with E-state index in [4.69, 9.17) is 0 Å². The maximum Gasteiger partial charge on any atom is 0.419 e. The maximum absolute atomic E-state index is 14.3. The monoisotopic (exact) mass is 408 g/mol. The molecule has 10 heteroatoms. The van der Waals surface area contributed by atoms with E-state index in [1.807, 2.05) is 0 Å². The average Bonchev–Trinajstić information content (AvgIpc) is 2.66. The molecule has 2 heterocycles. The molecule has 0 fully saturated rings. The van der Waals surface area contributed by atoms with Gasteiger partial charge in [-0.1, -0.05) is 6.07 Å². The fourth-order valence-electron chi connectivity index (χ4n) is 2.60. The van der Waals surface area contributed by atoms with Gasteiger partial charge >= 0.3 is 12.2 Å². The lowest BCUT2D eigenvalue weighted by Crippen LogP contribution is -2.34. The molecule has 1 aromatic carbocycles. The summed E-state index contributed by atoms with van der Waals surface area (Å²) in [7, 11) is 0. The van der Waals surface area contributed by atoms with Crippen molar-refractivity contribution in [1.82, 2.24) is 15.3 Å². The Hall–Kier alpha value is -3.56. The highest BCUT2D eigenvalue weighted by atomic mass is 19.4. The van der Waals surface area contributed by atoms with Crippen molar-refractivity contribution in [1.29, 1.82) is 0 Å². The van der Waals surface area contributed by atoms with Gasteiger partial charge in [0.15, 0.2) is 0 Å². The number of halogens is 5. The van der Waals surface area contributed by atoms with Crippen LogP contribution in [0.5, 0.6) is 0 Å². The highest BCUT2D eigenvalue weighted by Gasteiger charge is 2.34. The number of nitrogens with zero attached hydrogens (tertiary/aromatic N) is 2. The summed E-state index contributed by atoms with van der Waals surface area (Å²) in [6.45, 7) is 0. The van der Waals surface area contributed by atoms with E-state index in [-0.39, 0.29) is 11.3 Å². The number of carbonyl (C=O) groups excluding carboxylic acids is 1. The lowest BCUT2D eigenvalue weighted by atomic mass is 10.0. The number of hydrogen-bond acceptors (Lipinski definition) is 3. The van der Waals surface area contributed by atoms with Crippen LogP contribution >= 0.6 is 0 Å².